The Labute approximate surface area is 303 Å². The van der Waals surface area contributed by atoms with Gasteiger partial charge in [-0.3, -0.25) is 14.4 Å². The minimum Gasteiger partial charge on any atom is -0.368 e. The Morgan fingerprint density at radius 1 is 0.902 bits per heavy atom. The lowest BCUT2D eigenvalue weighted by atomic mass is 9.85. The monoisotopic (exact) mass is 727 g/mol. The predicted octanol–water partition coefficient (Wildman–Crippen LogP) is 3.96. The highest BCUT2D eigenvalue weighted by Crippen LogP contribution is 2.40. The normalized spacial score (nSPS) is 30.2. The summed E-state index contributed by atoms with van der Waals surface area (Å²) in [5, 5.41) is 8.41. The summed E-state index contributed by atoms with van der Waals surface area (Å²) in [4.78, 5) is 53.3. The Kier molecular flexibility index (Phi) is 10.8. The lowest BCUT2D eigenvalue weighted by Gasteiger charge is -2.41. The van der Waals surface area contributed by atoms with Crippen LogP contribution < -0.4 is 4.90 Å². The summed E-state index contributed by atoms with van der Waals surface area (Å²) in [6.07, 6.45) is 5.05. The largest absolute Gasteiger partial charge is 0.368 e. The zero-order valence-electron chi connectivity index (χ0n) is 29.4. The topological polar surface area (TPSA) is 102 Å². The van der Waals surface area contributed by atoms with Crippen LogP contribution in [0.25, 0.3) is 0 Å². The van der Waals surface area contributed by atoms with Crippen LogP contribution in [-0.2, 0) is 19.1 Å². The number of rotatable bonds is 7. The molecular weight excluding hydrogens is 680 g/mol. The van der Waals surface area contributed by atoms with Gasteiger partial charge in [-0.15, -0.1) is 10.2 Å². The van der Waals surface area contributed by atoms with Gasteiger partial charge in [-0.25, -0.2) is 8.78 Å². The first kappa shape index (κ1) is 36.0. The number of piperazine rings is 1. The Bertz CT molecular complexity index is 1580. The summed E-state index contributed by atoms with van der Waals surface area (Å²) < 4.78 is 35.5. The number of nitrogens with zero attached hydrogens (tertiary/aromatic N) is 7. The number of likely N-dealkylation sites (N-methyl/N-ethyl adjacent to an activating group) is 1. The number of likely N-dealkylation sites (tertiary alicyclic amines) is 1. The molecule has 0 N–H and O–H groups in total. The quantitative estimate of drug-likeness (QED) is 0.423. The molecule has 1 aromatic carbocycles. The fraction of sp³-hybridized carbons (Fsp3) is 0.649. The van der Waals surface area contributed by atoms with Crippen molar-refractivity contribution in [3.05, 3.63) is 52.7 Å². The zero-order chi connectivity index (χ0) is 35.8. The van der Waals surface area contributed by atoms with E-state index in [4.69, 9.17) is 16.3 Å². The van der Waals surface area contributed by atoms with Crippen molar-refractivity contribution in [3.8, 4) is 0 Å². The van der Waals surface area contributed by atoms with E-state index in [0.717, 1.165) is 51.3 Å². The van der Waals surface area contributed by atoms with E-state index in [-0.39, 0.29) is 60.2 Å². The standard InChI is InChI=1S/C37H48ClF2N7O4/c1-23-5-8-25(9-6-23)47(37(50)32-4-3-17-51-32)26-19-31(36(49)44-15-13-43(2)14-16-44)46(20-26)35(48)29-22-45(34-12-11-33(38)41-42-34)21-28(29)27-10-7-24(39)18-30(27)40/h7,10-12,18,23,25-26,28-29,31-32H,3-6,8-9,13-17,19-22H2,1-2H3/t23?,25?,26-,28+,29-,31+,32+/m1/s1. The molecule has 5 atom stereocenters. The van der Waals surface area contributed by atoms with Crippen LogP contribution in [0.3, 0.4) is 0 Å². The molecule has 276 valence electrons. The van der Waals surface area contributed by atoms with Gasteiger partial charge in [-0.1, -0.05) is 24.6 Å². The maximum absolute atomic E-state index is 15.5. The fourth-order valence-corrected chi connectivity index (χ4v) is 9.00. The first-order valence-corrected chi connectivity index (χ1v) is 18.9. The van der Waals surface area contributed by atoms with Crippen molar-refractivity contribution in [2.24, 2.45) is 11.8 Å². The second-order valence-corrected chi connectivity index (χ2v) is 15.6. The average Bonchev–Trinajstić information content (AvgIpc) is 3.91. The second-order valence-electron chi connectivity index (χ2n) is 15.2. The highest BCUT2D eigenvalue weighted by atomic mass is 35.5. The Hall–Kier alpha value is -3.42. The van der Waals surface area contributed by atoms with Crippen molar-refractivity contribution in [3.63, 3.8) is 0 Å². The summed E-state index contributed by atoms with van der Waals surface area (Å²) in [6, 6.07) is 5.60. The summed E-state index contributed by atoms with van der Waals surface area (Å²) in [5.41, 5.74) is 0.225. The first-order valence-electron chi connectivity index (χ1n) is 18.5. The molecule has 0 unspecified atom stereocenters. The number of hydrogen-bond donors (Lipinski definition) is 0. The minimum absolute atomic E-state index is 0.00357. The molecular formula is C37H48ClF2N7O4. The maximum atomic E-state index is 15.5. The molecule has 0 radical (unpaired) electrons. The minimum atomic E-state index is -0.781. The third-order valence-corrected chi connectivity index (χ3v) is 12.0. The molecule has 11 nitrogen and oxygen atoms in total. The molecule has 14 heteroatoms. The van der Waals surface area contributed by atoms with Crippen LogP contribution in [0.1, 0.15) is 63.4 Å². The first-order chi connectivity index (χ1) is 24.6. The SMILES string of the molecule is CC1CCC(N(C(=O)[C@@H]2CCCO2)[C@@H]2C[C@@H](C(=O)N3CCN(C)CC3)N(C(=O)[C@@H]3CN(c4ccc(Cl)nn4)C[C@H]3c3ccc(F)cc3F)C2)CC1. The van der Waals surface area contributed by atoms with E-state index in [0.29, 0.717) is 44.3 Å². The van der Waals surface area contributed by atoms with Gasteiger partial charge in [0.15, 0.2) is 11.0 Å². The van der Waals surface area contributed by atoms with Gasteiger partial charge in [0, 0.05) is 70.4 Å². The summed E-state index contributed by atoms with van der Waals surface area (Å²) in [7, 11) is 2.02. The number of hydrogen-bond acceptors (Lipinski definition) is 8. The average molecular weight is 728 g/mol. The van der Waals surface area contributed by atoms with E-state index in [2.05, 4.69) is 22.0 Å². The molecule has 7 rings (SSSR count). The van der Waals surface area contributed by atoms with E-state index < -0.39 is 35.6 Å². The van der Waals surface area contributed by atoms with Crippen LogP contribution in [0, 0.1) is 23.5 Å². The number of carbonyl (C=O) groups is 3. The van der Waals surface area contributed by atoms with Crippen molar-refractivity contribution in [2.45, 2.75) is 82.0 Å². The molecule has 1 saturated carbocycles. The maximum Gasteiger partial charge on any atom is 0.252 e. The van der Waals surface area contributed by atoms with Crippen molar-refractivity contribution in [2.75, 3.05) is 64.4 Å². The molecule has 4 aliphatic heterocycles. The molecule has 5 aliphatic rings. The highest BCUT2D eigenvalue weighted by molar-refractivity contribution is 6.29. The molecule has 3 amide bonds. The lowest BCUT2D eigenvalue weighted by Crippen LogP contribution is -2.54. The number of halogens is 3. The Morgan fingerprint density at radius 3 is 2.33 bits per heavy atom. The van der Waals surface area contributed by atoms with Crippen LogP contribution in [0.4, 0.5) is 14.6 Å². The highest BCUT2D eigenvalue weighted by Gasteiger charge is 2.51. The number of amides is 3. The second kappa shape index (κ2) is 15.3. The Morgan fingerprint density at radius 2 is 1.67 bits per heavy atom. The summed E-state index contributed by atoms with van der Waals surface area (Å²) in [6.45, 7) is 5.95. The van der Waals surface area contributed by atoms with Crippen LogP contribution in [0.2, 0.25) is 5.15 Å². The van der Waals surface area contributed by atoms with Crippen molar-refractivity contribution in [1.82, 2.24) is 29.8 Å². The third-order valence-electron chi connectivity index (χ3n) is 11.8. The van der Waals surface area contributed by atoms with Crippen molar-refractivity contribution >= 4 is 35.1 Å². The van der Waals surface area contributed by atoms with E-state index in [1.54, 1.807) is 17.0 Å². The third kappa shape index (κ3) is 7.57. The number of carbonyl (C=O) groups excluding carboxylic acids is 3. The molecule has 2 aromatic rings. The predicted molar refractivity (Wildman–Crippen MR) is 187 cm³/mol. The molecule has 1 aliphatic carbocycles. The van der Waals surface area contributed by atoms with Gasteiger partial charge in [0.1, 0.15) is 23.8 Å². The van der Waals surface area contributed by atoms with Gasteiger partial charge in [0.25, 0.3) is 5.91 Å². The van der Waals surface area contributed by atoms with Gasteiger partial charge < -0.3 is 29.2 Å². The van der Waals surface area contributed by atoms with E-state index in [1.165, 1.54) is 12.1 Å². The van der Waals surface area contributed by atoms with Crippen molar-refractivity contribution < 1.29 is 27.9 Å². The zero-order valence-corrected chi connectivity index (χ0v) is 30.2. The molecule has 0 spiro atoms. The lowest BCUT2D eigenvalue weighted by molar-refractivity contribution is -0.148. The van der Waals surface area contributed by atoms with Crippen LogP contribution >= 0.6 is 11.6 Å². The van der Waals surface area contributed by atoms with Gasteiger partial charge >= 0.3 is 0 Å². The summed E-state index contributed by atoms with van der Waals surface area (Å²) in [5.74, 6) is -2.26. The van der Waals surface area contributed by atoms with Gasteiger partial charge in [0.2, 0.25) is 11.8 Å². The molecule has 1 aromatic heterocycles. The summed E-state index contributed by atoms with van der Waals surface area (Å²) >= 11 is 6.02. The van der Waals surface area contributed by atoms with E-state index in [9.17, 15) is 14.0 Å². The number of aromatic nitrogens is 2. The fourth-order valence-electron chi connectivity index (χ4n) is 8.90. The van der Waals surface area contributed by atoms with Crippen LogP contribution in [-0.4, -0.2) is 131 Å². The molecule has 4 saturated heterocycles. The van der Waals surface area contributed by atoms with Gasteiger partial charge in [0.05, 0.1) is 12.0 Å². The molecule has 0 bridgehead atoms. The van der Waals surface area contributed by atoms with E-state index >= 15 is 9.18 Å². The molecule has 5 heterocycles. The Balaban J connectivity index is 1.23. The number of anilines is 1. The smallest absolute Gasteiger partial charge is 0.252 e. The van der Waals surface area contributed by atoms with Crippen LogP contribution in [0.15, 0.2) is 30.3 Å². The van der Waals surface area contributed by atoms with E-state index in [1.807, 2.05) is 21.7 Å². The van der Waals surface area contributed by atoms with Gasteiger partial charge in [-0.05, 0) is 81.7 Å². The van der Waals surface area contributed by atoms with Gasteiger partial charge in [-0.2, -0.15) is 0 Å². The molecule has 5 fully saturated rings. The number of ether oxygens (including phenoxy) is 1. The number of benzene rings is 1. The molecule has 51 heavy (non-hydrogen) atoms. The van der Waals surface area contributed by atoms with Crippen molar-refractivity contribution in [1.29, 1.82) is 0 Å². The van der Waals surface area contributed by atoms with Crippen LogP contribution in [0.5, 0.6) is 0 Å².